The van der Waals surface area contributed by atoms with Crippen molar-refractivity contribution in [1.29, 1.82) is 0 Å². The summed E-state index contributed by atoms with van der Waals surface area (Å²) in [4.78, 5) is 3.95. The van der Waals surface area contributed by atoms with Gasteiger partial charge in [0.25, 0.3) is 0 Å². The maximum atomic E-state index is 12.4. The summed E-state index contributed by atoms with van der Waals surface area (Å²) in [6.07, 6.45) is 1.15. The molecule has 0 saturated carbocycles. The summed E-state index contributed by atoms with van der Waals surface area (Å²) in [5.41, 5.74) is -5.27. The van der Waals surface area contributed by atoms with Crippen molar-refractivity contribution in [1.82, 2.24) is 4.98 Å². The molecule has 0 spiro atoms. The van der Waals surface area contributed by atoms with E-state index in [9.17, 15) is 21.6 Å². The van der Waals surface area contributed by atoms with E-state index < -0.39 is 21.4 Å². The van der Waals surface area contributed by atoms with Crippen LogP contribution in [0.3, 0.4) is 0 Å². The van der Waals surface area contributed by atoms with Crippen molar-refractivity contribution >= 4 is 37.0 Å². The van der Waals surface area contributed by atoms with Gasteiger partial charge in [0, 0.05) is 11.6 Å². The molecule has 10 heteroatoms. The van der Waals surface area contributed by atoms with Gasteiger partial charge in [-0.3, -0.25) is 4.98 Å². The largest absolute Gasteiger partial charge is 0.534 e. The Bertz CT molecular complexity index is 792. The number of fused-ring (bicyclic) bond motifs is 1. The lowest BCUT2D eigenvalue weighted by atomic mass is 10.2. The van der Waals surface area contributed by atoms with Crippen LogP contribution in [0.5, 0.6) is 11.5 Å². The molecule has 114 valence electrons. The number of nitrogens with zero attached hydrogens (tertiary/aromatic N) is 1. The van der Waals surface area contributed by atoms with Gasteiger partial charge >= 0.3 is 15.6 Å². The molecule has 2 rings (SSSR count). The van der Waals surface area contributed by atoms with Gasteiger partial charge in [-0.1, -0.05) is 0 Å². The van der Waals surface area contributed by atoms with Crippen molar-refractivity contribution in [2.75, 3.05) is 7.11 Å². The molecule has 0 saturated heterocycles. The molecule has 0 unspecified atom stereocenters. The number of benzene rings is 1. The van der Waals surface area contributed by atoms with E-state index in [2.05, 4.69) is 25.1 Å². The highest BCUT2D eigenvalue weighted by Gasteiger charge is 2.49. The van der Waals surface area contributed by atoms with Crippen LogP contribution in [0.2, 0.25) is 0 Å². The molecule has 0 aliphatic rings. The molecule has 1 aromatic carbocycles. The molecule has 1 aromatic heterocycles. The Labute approximate surface area is 125 Å². The molecule has 5 nitrogen and oxygen atoms in total. The quantitative estimate of drug-likeness (QED) is 0.599. The molecule has 0 aliphatic carbocycles. The summed E-state index contributed by atoms with van der Waals surface area (Å²) < 4.78 is 68.7. The molecule has 0 N–H and O–H groups in total. The van der Waals surface area contributed by atoms with E-state index in [1.165, 1.54) is 25.3 Å². The summed E-state index contributed by atoms with van der Waals surface area (Å²) in [6, 6.07) is 4.33. The first-order chi connectivity index (χ1) is 9.65. The van der Waals surface area contributed by atoms with Crippen molar-refractivity contribution in [2.45, 2.75) is 5.51 Å². The second-order valence-corrected chi connectivity index (χ2v) is 6.19. The first-order valence-electron chi connectivity index (χ1n) is 5.29. The number of ether oxygens (including phenoxy) is 1. The molecule has 0 bridgehead atoms. The Kier molecular flexibility index (Phi) is 4.02. The third-order valence-electron chi connectivity index (χ3n) is 2.46. The fraction of sp³-hybridized carbons (Fsp3) is 0.182. The number of halogens is 4. The van der Waals surface area contributed by atoms with E-state index in [1.807, 2.05) is 0 Å². The minimum absolute atomic E-state index is 0.0314. The van der Waals surface area contributed by atoms with Gasteiger partial charge in [0.15, 0.2) is 5.75 Å². The van der Waals surface area contributed by atoms with Crippen molar-refractivity contribution in [3.05, 3.63) is 28.9 Å². The summed E-state index contributed by atoms with van der Waals surface area (Å²) in [5.74, 6) is -0.187. The average molecular weight is 386 g/mol. The van der Waals surface area contributed by atoms with Crippen LogP contribution in [-0.2, 0) is 10.1 Å². The number of pyridine rings is 1. The van der Waals surface area contributed by atoms with Crippen LogP contribution in [-0.4, -0.2) is 26.0 Å². The second kappa shape index (κ2) is 5.34. The van der Waals surface area contributed by atoms with Gasteiger partial charge in [-0.05, 0) is 34.1 Å². The first-order valence-corrected chi connectivity index (χ1v) is 7.49. The van der Waals surface area contributed by atoms with Crippen LogP contribution >= 0.6 is 15.9 Å². The second-order valence-electron chi connectivity index (χ2n) is 3.80. The molecule has 0 fully saturated rings. The zero-order valence-electron chi connectivity index (χ0n) is 10.3. The van der Waals surface area contributed by atoms with E-state index in [0.717, 1.165) is 6.20 Å². The zero-order chi connectivity index (χ0) is 15.8. The highest BCUT2D eigenvalue weighted by molar-refractivity contribution is 9.10. The SMILES string of the molecule is COc1ccc2ncc(Br)c(OS(=O)(=O)C(F)(F)F)c2c1. The summed E-state index contributed by atoms with van der Waals surface area (Å²) in [5, 5.41) is 0.0663. The number of aromatic nitrogens is 1. The van der Waals surface area contributed by atoms with Crippen LogP contribution in [0.25, 0.3) is 10.9 Å². The predicted octanol–water partition coefficient (Wildman–Crippen LogP) is 3.23. The van der Waals surface area contributed by atoms with Crippen molar-refractivity contribution < 1.29 is 30.5 Å². The molecule has 0 amide bonds. The Morgan fingerprint density at radius 3 is 2.52 bits per heavy atom. The molecule has 0 radical (unpaired) electrons. The lowest BCUT2D eigenvalue weighted by molar-refractivity contribution is -0.0499. The first kappa shape index (κ1) is 15.8. The smallest absolute Gasteiger partial charge is 0.497 e. The fourth-order valence-electron chi connectivity index (χ4n) is 1.49. The molecule has 21 heavy (non-hydrogen) atoms. The highest BCUT2D eigenvalue weighted by Crippen LogP contribution is 2.37. The van der Waals surface area contributed by atoms with Crippen LogP contribution in [0.4, 0.5) is 13.2 Å². The maximum absolute atomic E-state index is 12.4. The van der Waals surface area contributed by atoms with Crippen molar-refractivity contribution in [3.63, 3.8) is 0 Å². The van der Waals surface area contributed by atoms with Crippen molar-refractivity contribution in [2.24, 2.45) is 0 Å². The summed E-state index contributed by atoms with van der Waals surface area (Å²) in [6.45, 7) is 0. The minimum Gasteiger partial charge on any atom is -0.497 e. The number of alkyl halides is 3. The normalized spacial score (nSPS) is 12.4. The van der Waals surface area contributed by atoms with Crippen LogP contribution in [0.1, 0.15) is 0 Å². The number of methoxy groups -OCH3 is 1. The Hall–Kier alpha value is -1.55. The van der Waals surface area contributed by atoms with E-state index >= 15 is 0 Å². The molecule has 0 aliphatic heterocycles. The van der Waals surface area contributed by atoms with E-state index in [0.29, 0.717) is 5.75 Å². The lowest BCUT2D eigenvalue weighted by Gasteiger charge is -2.13. The standard InChI is InChI=1S/C11H7BrF3NO4S/c1-19-6-2-3-9-7(4-6)10(8(12)5-16-9)20-21(17,18)11(13,14)15/h2-5H,1H3. The average Bonchev–Trinajstić information content (AvgIpc) is 2.40. The zero-order valence-corrected chi connectivity index (χ0v) is 12.7. The van der Waals surface area contributed by atoms with E-state index in [-0.39, 0.29) is 15.4 Å². The van der Waals surface area contributed by atoms with E-state index in [4.69, 9.17) is 4.74 Å². The van der Waals surface area contributed by atoms with E-state index in [1.54, 1.807) is 0 Å². The maximum Gasteiger partial charge on any atom is 0.534 e. The predicted molar refractivity (Wildman–Crippen MR) is 71.6 cm³/mol. The Morgan fingerprint density at radius 2 is 1.95 bits per heavy atom. The molecule has 0 atom stereocenters. The Balaban J connectivity index is 2.65. The number of hydrogen-bond acceptors (Lipinski definition) is 5. The number of rotatable bonds is 3. The monoisotopic (exact) mass is 385 g/mol. The van der Waals surface area contributed by atoms with Gasteiger partial charge in [0.2, 0.25) is 0 Å². The third-order valence-corrected chi connectivity index (χ3v) is 3.98. The van der Waals surface area contributed by atoms with Gasteiger partial charge in [-0.25, -0.2) is 0 Å². The molecular formula is C11H7BrF3NO4S. The minimum atomic E-state index is -5.78. The highest BCUT2D eigenvalue weighted by atomic mass is 79.9. The van der Waals surface area contributed by atoms with Gasteiger partial charge in [-0.2, -0.15) is 21.6 Å². The van der Waals surface area contributed by atoms with Crippen molar-refractivity contribution in [3.8, 4) is 11.5 Å². The van der Waals surface area contributed by atoms with Crippen LogP contribution in [0.15, 0.2) is 28.9 Å². The lowest BCUT2D eigenvalue weighted by Crippen LogP contribution is -2.28. The van der Waals surface area contributed by atoms with Gasteiger partial charge < -0.3 is 8.92 Å². The van der Waals surface area contributed by atoms with Gasteiger partial charge in [-0.15, -0.1) is 0 Å². The molecule has 2 aromatic rings. The topological polar surface area (TPSA) is 65.5 Å². The van der Waals surface area contributed by atoms with Gasteiger partial charge in [0.05, 0.1) is 17.1 Å². The summed E-state index contributed by atoms with van der Waals surface area (Å²) in [7, 11) is -4.42. The number of hydrogen-bond donors (Lipinski definition) is 0. The molecule has 1 heterocycles. The van der Waals surface area contributed by atoms with Crippen LogP contribution in [0, 0.1) is 0 Å². The fourth-order valence-corrected chi connectivity index (χ4v) is 2.49. The van der Waals surface area contributed by atoms with Gasteiger partial charge in [0.1, 0.15) is 5.75 Å². The van der Waals surface area contributed by atoms with Crippen LogP contribution < -0.4 is 8.92 Å². The Morgan fingerprint density at radius 1 is 1.29 bits per heavy atom. The summed E-state index contributed by atoms with van der Waals surface area (Å²) >= 11 is 2.92. The molecular weight excluding hydrogens is 379 g/mol. The third kappa shape index (κ3) is 3.05.